The monoisotopic (exact) mass is 427 g/mol. The maximum Gasteiger partial charge on any atom is 0.475 e. The number of nitrogens with zero attached hydrogens (tertiary/aromatic N) is 1. The molecule has 10 heteroatoms. The number of amides is 2. The Bertz CT molecular complexity index is 890. The number of nitrogens with one attached hydrogen (secondary N) is 2. The number of carbonyl (C=O) groups excluding carboxylic acids is 2. The van der Waals surface area contributed by atoms with Crippen molar-refractivity contribution in [2.24, 2.45) is 5.92 Å². The number of hydrogen-bond donors (Lipinski definition) is 4. The second-order valence-corrected chi connectivity index (χ2v) is 7.66. The molecule has 0 bridgehead atoms. The minimum Gasteiger partial charge on any atom is -0.426 e. The maximum absolute atomic E-state index is 12.6. The molecule has 1 unspecified atom stereocenters. The first-order valence-electron chi connectivity index (χ1n) is 9.93. The van der Waals surface area contributed by atoms with Crippen molar-refractivity contribution >= 4 is 24.6 Å². The van der Waals surface area contributed by atoms with Gasteiger partial charge in [0.2, 0.25) is 5.91 Å². The van der Waals surface area contributed by atoms with Crippen LogP contribution in [-0.2, 0) is 4.79 Å². The number of benzene rings is 2. The second-order valence-electron chi connectivity index (χ2n) is 7.66. The molecular weight excluding hydrogens is 401 g/mol. The lowest BCUT2D eigenvalue weighted by Crippen LogP contribution is -2.48. The Balaban J connectivity index is 2.21. The highest BCUT2D eigenvalue weighted by Crippen LogP contribution is 2.21. The van der Waals surface area contributed by atoms with E-state index in [0.29, 0.717) is 17.5 Å². The van der Waals surface area contributed by atoms with Crippen molar-refractivity contribution in [1.82, 2.24) is 10.6 Å². The molecule has 0 aliphatic heterocycles. The predicted octanol–water partition coefficient (Wildman–Crippen LogP) is 2.00. The number of nitro benzene ring substituents is 1. The summed E-state index contributed by atoms with van der Waals surface area (Å²) in [7, 11) is -1.72. The maximum atomic E-state index is 12.6. The smallest absolute Gasteiger partial charge is 0.426 e. The van der Waals surface area contributed by atoms with Crippen molar-refractivity contribution in [3.8, 4) is 0 Å². The largest absolute Gasteiger partial charge is 0.475 e. The lowest BCUT2D eigenvalue weighted by Gasteiger charge is -2.23. The van der Waals surface area contributed by atoms with Crippen LogP contribution in [0.1, 0.15) is 48.7 Å². The summed E-state index contributed by atoms with van der Waals surface area (Å²) in [4.78, 5) is 35.6. The van der Waals surface area contributed by atoms with E-state index in [0.717, 1.165) is 0 Å². The molecule has 0 aliphatic rings. The first kappa shape index (κ1) is 24.0. The summed E-state index contributed by atoms with van der Waals surface area (Å²) >= 11 is 0. The van der Waals surface area contributed by atoms with Gasteiger partial charge in [0.25, 0.3) is 11.6 Å². The molecule has 2 rings (SSSR count). The van der Waals surface area contributed by atoms with Crippen molar-refractivity contribution in [3.63, 3.8) is 0 Å². The Kier molecular flexibility index (Phi) is 8.71. The molecule has 0 saturated heterocycles. The van der Waals surface area contributed by atoms with E-state index in [-0.39, 0.29) is 18.0 Å². The fourth-order valence-electron chi connectivity index (χ4n) is 3.13. The van der Waals surface area contributed by atoms with Gasteiger partial charge in [0.05, 0.1) is 23.3 Å². The van der Waals surface area contributed by atoms with Crippen LogP contribution in [0.4, 0.5) is 5.69 Å². The van der Waals surface area contributed by atoms with Gasteiger partial charge in [-0.15, -0.1) is 0 Å². The highest BCUT2D eigenvalue weighted by molar-refractivity contribution is 6.43. The Morgan fingerprint density at radius 2 is 1.65 bits per heavy atom. The molecule has 0 spiro atoms. The Labute approximate surface area is 180 Å². The van der Waals surface area contributed by atoms with Crippen LogP contribution in [-0.4, -0.2) is 39.8 Å². The van der Waals surface area contributed by atoms with Gasteiger partial charge in [0, 0.05) is 17.7 Å². The van der Waals surface area contributed by atoms with Gasteiger partial charge in [0.15, 0.2) is 0 Å². The molecular formula is C21H26BN3O6. The molecule has 0 saturated carbocycles. The molecule has 0 aromatic heterocycles. The van der Waals surface area contributed by atoms with Crippen LogP contribution < -0.4 is 10.6 Å². The van der Waals surface area contributed by atoms with Gasteiger partial charge in [-0.3, -0.25) is 19.7 Å². The summed E-state index contributed by atoms with van der Waals surface area (Å²) in [5.41, 5.74) is 0.801. The number of nitro groups is 1. The topological polar surface area (TPSA) is 142 Å². The van der Waals surface area contributed by atoms with E-state index >= 15 is 0 Å². The Hall–Kier alpha value is -3.24. The van der Waals surface area contributed by atoms with E-state index in [1.165, 1.54) is 24.3 Å². The zero-order chi connectivity index (χ0) is 23.0. The number of carbonyl (C=O) groups is 2. The van der Waals surface area contributed by atoms with Crippen molar-refractivity contribution in [3.05, 3.63) is 75.8 Å². The molecule has 2 aromatic carbocycles. The molecule has 0 aliphatic carbocycles. The minimum absolute atomic E-state index is 0.110. The van der Waals surface area contributed by atoms with Gasteiger partial charge < -0.3 is 20.7 Å². The van der Waals surface area contributed by atoms with E-state index in [4.69, 9.17) is 0 Å². The van der Waals surface area contributed by atoms with Gasteiger partial charge in [-0.1, -0.05) is 44.2 Å². The summed E-state index contributed by atoms with van der Waals surface area (Å²) in [6.07, 6.45) is 0.180. The summed E-state index contributed by atoms with van der Waals surface area (Å²) in [6, 6.07) is 13.2. The van der Waals surface area contributed by atoms with Crippen LogP contribution in [0.2, 0.25) is 0 Å². The van der Waals surface area contributed by atoms with Crippen molar-refractivity contribution in [2.75, 3.05) is 0 Å². The highest BCUT2D eigenvalue weighted by Gasteiger charge is 2.28. The molecule has 0 radical (unpaired) electrons. The van der Waals surface area contributed by atoms with Crippen LogP contribution in [0.25, 0.3) is 0 Å². The van der Waals surface area contributed by atoms with Crippen molar-refractivity contribution in [2.45, 2.75) is 38.7 Å². The third-order valence-electron chi connectivity index (χ3n) is 4.67. The molecule has 31 heavy (non-hydrogen) atoms. The average molecular weight is 427 g/mol. The summed E-state index contributed by atoms with van der Waals surface area (Å²) in [5.74, 6) is -1.63. The molecule has 4 N–H and O–H groups in total. The van der Waals surface area contributed by atoms with Crippen molar-refractivity contribution < 1.29 is 24.6 Å². The van der Waals surface area contributed by atoms with Gasteiger partial charge >= 0.3 is 7.12 Å². The van der Waals surface area contributed by atoms with Gasteiger partial charge in [0.1, 0.15) is 0 Å². The van der Waals surface area contributed by atoms with Crippen LogP contribution >= 0.6 is 0 Å². The van der Waals surface area contributed by atoms with Crippen LogP contribution in [0.5, 0.6) is 0 Å². The lowest BCUT2D eigenvalue weighted by atomic mass is 9.75. The van der Waals surface area contributed by atoms with Crippen molar-refractivity contribution in [1.29, 1.82) is 0 Å². The molecule has 2 amide bonds. The van der Waals surface area contributed by atoms with Gasteiger partial charge in [-0.2, -0.15) is 0 Å². The van der Waals surface area contributed by atoms with E-state index < -0.39 is 35.8 Å². The molecule has 9 nitrogen and oxygen atoms in total. The molecule has 2 atom stereocenters. The summed E-state index contributed by atoms with van der Waals surface area (Å²) in [5, 5.41) is 35.4. The van der Waals surface area contributed by atoms with Gasteiger partial charge in [-0.25, -0.2) is 0 Å². The van der Waals surface area contributed by atoms with Crippen LogP contribution in [0.3, 0.4) is 0 Å². The van der Waals surface area contributed by atoms with Crippen LogP contribution in [0.15, 0.2) is 54.6 Å². The summed E-state index contributed by atoms with van der Waals surface area (Å²) < 4.78 is 0. The van der Waals surface area contributed by atoms with E-state index in [2.05, 4.69) is 10.6 Å². The highest BCUT2D eigenvalue weighted by atomic mass is 16.6. The molecule has 164 valence electrons. The molecule has 2 aromatic rings. The number of rotatable bonds is 10. The fraction of sp³-hybridized carbons (Fsp3) is 0.333. The van der Waals surface area contributed by atoms with E-state index in [1.54, 1.807) is 30.3 Å². The normalized spacial score (nSPS) is 12.7. The summed E-state index contributed by atoms with van der Waals surface area (Å²) in [6.45, 7) is 3.78. The average Bonchev–Trinajstić information content (AvgIpc) is 2.73. The van der Waals surface area contributed by atoms with Gasteiger partial charge in [-0.05, 0) is 30.0 Å². The molecule has 0 fully saturated rings. The fourth-order valence-corrected chi connectivity index (χ4v) is 3.13. The van der Waals surface area contributed by atoms with E-state index in [9.17, 15) is 29.8 Å². The minimum atomic E-state index is -1.72. The van der Waals surface area contributed by atoms with E-state index in [1.807, 2.05) is 13.8 Å². The zero-order valence-corrected chi connectivity index (χ0v) is 17.4. The zero-order valence-electron chi connectivity index (χ0n) is 17.4. The molecule has 0 heterocycles. The predicted molar refractivity (Wildman–Crippen MR) is 116 cm³/mol. The number of hydrogen-bond acceptors (Lipinski definition) is 6. The number of non-ortho nitro benzene ring substituents is 1. The quantitative estimate of drug-likeness (QED) is 0.260. The lowest BCUT2D eigenvalue weighted by molar-refractivity contribution is -0.384. The SMILES string of the molecule is CC(C)C[C@H](NC(=O)CC(NC(=O)c1ccccc1)c1ccc([N+](=O)[O-])cc1)B(O)O. The first-order chi connectivity index (χ1) is 14.7. The first-order valence-corrected chi connectivity index (χ1v) is 9.93. The van der Waals surface area contributed by atoms with Crippen LogP contribution in [0, 0.1) is 16.0 Å². The third-order valence-corrected chi connectivity index (χ3v) is 4.67. The second kappa shape index (κ2) is 11.2. The Morgan fingerprint density at radius 1 is 1.03 bits per heavy atom. The standard InChI is InChI=1S/C21H26BN3O6/c1-14(2)12-19(22(28)29)24-20(26)13-18(15-8-10-17(11-9-15)25(30)31)23-21(27)16-6-4-3-5-7-16/h3-11,14,18-19,28-29H,12-13H2,1-2H3,(H,23,27)(H,24,26)/t18?,19-/m0/s1. The third kappa shape index (κ3) is 7.51. The Morgan fingerprint density at radius 3 is 2.16 bits per heavy atom.